The molecule has 0 saturated heterocycles. The van der Waals surface area contributed by atoms with Crippen molar-refractivity contribution in [3.63, 3.8) is 0 Å². The molecule has 4 atom stereocenters. The van der Waals surface area contributed by atoms with Gasteiger partial charge in [-0.05, 0) is 17.0 Å². The number of rotatable bonds is 0. The van der Waals surface area contributed by atoms with Crippen LogP contribution < -0.4 is 0 Å². The quantitative estimate of drug-likeness (QED) is 0.577. The van der Waals surface area contributed by atoms with E-state index in [1.807, 2.05) is 0 Å². The molecule has 1 heteroatoms. The van der Waals surface area contributed by atoms with Crippen molar-refractivity contribution >= 4 is 11.6 Å². The van der Waals surface area contributed by atoms with E-state index in [1.165, 1.54) is 11.1 Å². The fourth-order valence-electron chi connectivity index (χ4n) is 3.42. The summed E-state index contributed by atoms with van der Waals surface area (Å²) in [4.78, 5) is 0. The second-order valence-corrected chi connectivity index (χ2v) is 5.16. The highest BCUT2D eigenvalue weighted by molar-refractivity contribution is 6.30. The standard InChI is InChI=1S/C14H11Cl/c15-13-7-12-10-5-6-11(14(12)13)9-4-2-1-3-8(9)10/h1-7,10-12,14H/t10-,11-,12-,14-/m1/s1. The largest absolute Gasteiger partial charge is 0.0891 e. The molecular formula is C14H11Cl. The Hall–Kier alpha value is -1.01. The lowest BCUT2D eigenvalue weighted by Crippen LogP contribution is -2.39. The van der Waals surface area contributed by atoms with Gasteiger partial charge in [0, 0.05) is 22.8 Å². The Balaban J connectivity index is 1.96. The van der Waals surface area contributed by atoms with Crippen LogP contribution in [0.15, 0.2) is 47.5 Å². The Labute approximate surface area is 94.3 Å². The van der Waals surface area contributed by atoms with E-state index in [9.17, 15) is 0 Å². The highest BCUT2D eigenvalue weighted by atomic mass is 35.5. The van der Waals surface area contributed by atoms with Gasteiger partial charge in [0.25, 0.3) is 0 Å². The molecule has 0 unspecified atom stereocenters. The number of hydrogen-bond acceptors (Lipinski definition) is 0. The van der Waals surface area contributed by atoms with Crippen molar-refractivity contribution in [1.29, 1.82) is 0 Å². The summed E-state index contributed by atoms with van der Waals surface area (Å²) in [6, 6.07) is 8.81. The molecule has 0 N–H and O–H groups in total. The van der Waals surface area contributed by atoms with Gasteiger partial charge in [-0.2, -0.15) is 0 Å². The van der Waals surface area contributed by atoms with Crippen LogP contribution >= 0.6 is 11.6 Å². The SMILES string of the molecule is ClC1=C[C@H]2[C@H]1[C@@H]1C=C[C@@H]2c2ccccc21. The minimum atomic E-state index is 0.536. The van der Waals surface area contributed by atoms with E-state index < -0.39 is 0 Å². The van der Waals surface area contributed by atoms with Gasteiger partial charge in [-0.1, -0.05) is 54.1 Å². The van der Waals surface area contributed by atoms with Crippen molar-refractivity contribution in [2.45, 2.75) is 11.8 Å². The Morgan fingerprint density at radius 1 is 0.933 bits per heavy atom. The molecule has 0 heterocycles. The fourth-order valence-corrected chi connectivity index (χ4v) is 3.84. The third kappa shape index (κ3) is 0.849. The Bertz CT molecular complexity index is 498. The molecule has 0 aromatic heterocycles. The summed E-state index contributed by atoms with van der Waals surface area (Å²) < 4.78 is 0. The van der Waals surface area contributed by atoms with Crippen molar-refractivity contribution in [2.24, 2.45) is 11.8 Å². The van der Waals surface area contributed by atoms with Crippen LogP contribution in [0.1, 0.15) is 23.0 Å². The molecule has 4 aliphatic carbocycles. The normalized spacial score (nSPS) is 39.1. The second-order valence-electron chi connectivity index (χ2n) is 4.72. The molecule has 2 bridgehead atoms. The number of allylic oxidation sites excluding steroid dienone is 4. The van der Waals surface area contributed by atoms with Gasteiger partial charge in [0.2, 0.25) is 0 Å². The molecule has 0 saturated carbocycles. The van der Waals surface area contributed by atoms with Crippen molar-refractivity contribution in [1.82, 2.24) is 0 Å². The van der Waals surface area contributed by atoms with Gasteiger partial charge in [0.05, 0.1) is 0 Å². The third-order valence-corrected chi connectivity index (χ3v) is 4.50. The molecule has 74 valence electrons. The van der Waals surface area contributed by atoms with Crippen LogP contribution in [0.3, 0.4) is 0 Å². The molecule has 4 aliphatic rings. The van der Waals surface area contributed by atoms with Crippen molar-refractivity contribution in [2.75, 3.05) is 0 Å². The van der Waals surface area contributed by atoms with E-state index in [2.05, 4.69) is 42.5 Å². The van der Waals surface area contributed by atoms with Crippen LogP contribution in [0.25, 0.3) is 0 Å². The maximum Gasteiger partial charge on any atom is 0.0190 e. The van der Waals surface area contributed by atoms with E-state index in [1.54, 1.807) is 0 Å². The van der Waals surface area contributed by atoms with E-state index in [0.29, 0.717) is 23.7 Å². The average Bonchev–Trinajstić information content (AvgIpc) is 2.27. The highest BCUT2D eigenvalue weighted by Gasteiger charge is 2.48. The molecule has 0 nitrogen and oxygen atoms in total. The summed E-state index contributed by atoms with van der Waals surface area (Å²) in [5.41, 5.74) is 3.02. The van der Waals surface area contributed by atoms with Crippen LogP contribution in [0, 0.1) is 11.8 Å². The fraction of sp³-hybridized carbons (Fsp3) is 0.286. The van der Waals surface area contributed by atoms with Gasteiger partial charge in [0.1, 0.15) is 0 Å². The van der Waals surface area contributed by atoms with Crippen molar-refractivity contribution in [3.8, 4) is 0 Å². The van der Waals surface area contributed by atoms with Crippen molar-refractivity contribution in [3.05, 3.63) is 58.7 Å². The number of halogens is 1. The molecule has 0 amide bonds. The lowest BCUT2D eigenvalue weighted by Gasteiger charge is -2.50. The van der Waals surface area contributed by atoms with Gasteiger partial charge in [-0.3, -0.25) is 0 Å². The Kier molecular flexibility index (Phi) is 1.40. The minimum Gasteiger partial charge on any atom is -0.0891 e. The summed E-state index contributed by atoms with van der Waals surface area (Å²) in [5, 5.41) is 1.08. The summed E-state index contributed by atoms with van der Waals surface area (Å²) in [6.45, 7) is 0. The zero-order chi connectivity index (χ0) is 9.99. The first-order valence-electron chi connectivity index (χ1n) is 5.50. The smallest absolute Gasteiger partial charge is 0.0190 e. The molecule has 0 spiro atoms. The zero-order valence-corrected chi connectivity index (χ0v) is 8.98. The van der Waals surface area contributed by atoms with Crippen LogP contribution in [0.2, 0.25) is 0 Å². The second kappa shape index (κ2) is 2.56. The van der Waals surface area contributed by atoms with Gasteiger partial charge in [-0.15, -0.1) is 0 Å². The molecule has 15 heavy (non-hydrogen) atoms. The Morgan fingerprint density at radius 2 is 1.60 bits per heavy atom. The predicted molar refractivity (Wildman–Crippen MR) is 62.0 cm³/mol. The monoisotopic (exact) mass is 214 g/mol. The predicted octanol–water partition coefficient (Wildman–Crippen LogP) is 3.81. The molecule has 0 radical (unpaired) electrons. The van der Waals surface area contributed by atoms with Crippen LogP contribution in [-0.2, 0) is 0 Å². The van der Waals surface area contributed by atoms with E-state index in [-0.39, 0.29) is 0 Å². The molecule has 5 rings (SSSR count). The minimum absolute atomic E-state index is 0.536. The molecule has 0 aliphatic heterocycles. The van der Waals surface area contributed by atoms with Gasteiger partial charge in [0.15, 0.2) is 0 Å². The average molecular weight is 215 g/mol. The molecule has 1 aromatic carbocycles. The van der Waals surface area contributed by atoms with Gasteiger partial charge >= 0.3 is 0 Å². The Morgan fingerprint density at radius 3 is 2.33 bits per heavy atom. The first-order valence-corrected chi connectivity index (χ1v) is 5.88. The first-order chi connectivity index (χ1) is 7.36. The zero-order valence-electron chi connectivity index (χ0n) is 8.23. The number of benzene rings is 1. The molecule has 1 aromatic rings. The van der Waals surface area contributed by atoms with Crippen molar-refractivity contribution < 1.29 is 0 Å². The van der Waals surface area contributed by atoms with E-state index >= 15 is 0 Å². The maximum atomic E-state index is 6.21. The molecule has 0 fully saturated rings. The lowest BCUT2D eigenvalue weighted by molar-refractivity contribution is 0.309. The van der Waals surface area contributed by atoms with Crippen LogP contribution in [0.4, 0.5) is 0 Å². The van der Waals surface area contributed by atoms with Gasteiger partial charge in [-0.25, -0.2) is 0 Å². The van der Waals surface area contributed by atoms with Crippen LogP contribution in [0.5, 0.6) is 0 Å². The summed E-state index contributed by atoms with van der Waals surface area (Å²) >= 11 is 6.21. The first kappa shape index (κ1) is 8.18. The van der Waals surface area contributed by atoms with Gasteiger partial charge < -0.3 is 0 Å². The molecular weight excluding hydrogens is 204 g/mol. The van der Waals surface area contributed by atoms with Crippen LogP contribution in [-0.4, -0.2) is 0 Å². The lowest BCUT2D eigenvalue weighted by atomic mass is 9.55. The third-order valence-electron chi connectivity index (χ3n) is 4.13. The maximum absolute atomic E-state index is 6.21. The summed E-state index contributed by atoms with van der Waals surface area (Å²) in [5.74, 6) is 2.37. The highest BCUT2D eigenvalue weighted by Crippen LogP contribution is 2.60. The summed E-state index contributed by atoms with van der Waals surface area (Å²) in [7, 11) is 0. The van der Waals surface area contributed by atoms with E-state index in [4.69, 9.17) is 11.6 Å². The number of hydrogen-bond donors (Lipinski definition) is 0. The summed E-state index contributed by atoms with van der Waals surface area (Å²) in [6.07, 6.45) is 6.96. The topological polar surface area (TPSA) is 0 Å². The van der Waals surface area contributed by atoms with E-state index in [0.717, 1.165) is 5.03 Å².